The molecule has 0 amide bonds. The first-order valence-corrected chi connectivity index (χ1v) is 5.89. The number of ether oxygens (including phenoxy) is 1. The third-order valence-electron chi connectivity index (χ3n) is 1.77. The number of esters is 1. The molecule has 6 heteroatoms. The van der Waals surface area contributed by atoms with E-state index in [1.807, 2.05) is 36.4 Å². The van der Waals surface area contributed by atoms with E-state index in [1.165, 1.54) is 12.7 Å². The molecule has 0 aliphatic heterocycles. The molecule has 1 aromatic carbocycles. The van der Waals surface area contributed by atoms with E-state index in [4.69, 9.17) is 10.2 Å². The summed E-state index contributed by atoms with van der Waals surface area (Å²) in [6.07, 6.45) is 4.06. The zero-order valence-electron chi connectivity index (χ0n) is 12.1. The van der Waals surface area contributed by atoms with Gasteiger partial charge in [-0.05, 0) is 5.56 Å². The van der Waals surface area contributed by atoms with Crippen molar-refractivity contribution in [3.63, 3.8) is 0 Å². The highest BCUT2D eigenvalue weighted by atomic mass is 16.5. The van der Waals surface area contributed by atoms with Gasteiger partial charge >= 0.3 is 17.9 Å². The van der Waals surface area contributed by atoms with Crippen molar-refractivity contribution >= 4 is 24.0 Å². The zero-order chi connectivity index (χ0) is 17.4. The van der Waals surface area contributed by atoms with Crippen molar-refractivity contribution in [2.45, 2.75) is 0 Å². The van der Waals surface area contributed by atoms with Crippen molar-refractivity contribution < 1.29 is 29.3 Å². The van der Waals surface area contributed by atoms with Gasteiger partial charge in [0, 0.05) is 18.2 Å². The number of rotatable bonds is 4. The Kier molecular flexibility index (Phi) is 13.7. The van der Waals surface area contributed by atoms with E-state index in [1.54, 1.807) is 0 Å². The maximum atomic E-state index is 9.84. The first kappa shape index (κ1) is 21.2. The minimum Gasteiger partial charge on any atom is -0.478 e. The SMILES string of the molecule is C=CC(=O)OC.C=Cc1ccccc1.O=C(O)/C=C\C(=O)O. The number of methoxy groups -OCH3 is 1. The van der Waals surface area contributed by atoms with Crippen LogP contribution in [0.3, 0.4) is 0 Å². The fourth-order valence-corrected chi connectivity index (χ4v) is 0.815. The van der Waals surface area contributed by atoms with Crippen molar-refractivity contribution in [2.75, 3.05) is 7.11 Å². The van der Waals surface area contributed by atoms with Crippen molar-refractivity contribution in [1.29, 1.82) is 0 Å². The Morgan fingerprint density at radius 2 is 1.45 bits per heavy atom. The lowest BCUT2D eigenvalue weighted by molar-refractivity contribution is -0.135. The number of carboxylic acid groups (broad SMARTS) is 2. The maximum Gasteiger partial charge on any atom is 0.329 e. The molecule has 0 radical (unpaired) electrons. The highest BCUT2D eigenvalue weighted by Crippen LogP contribution is 1.97. The van der Waals surface area contributed by atoms with Gasteiger partial charge in [0.05, 0.1) is 7.11 Å². The van der Waals surface area contributed by atoms with E-state index >= 15 is 0 Å². The summed E-state index contributed by atoms with van der Waals surface area (Å²) in [6, 6.07) is 10.0. The molecule has 22 heavy (non-hydrogen) atoms. The Balaban J connectivity index is 0. The van der Waals surface area contributed by atoms with E-state index in [2.05, 4.69) is 17.9 Å². The van der Waals surface area contributed by atoms with Crippen LogP contribution in [0.4, 0.5) is 0 Å². The molecular weight excluding hydrogens is 288 g/mol. The second-order valence-corrected chi connectivity index (χ2v) is 3.35. The van der Waals surface area contributed by atoms with Gasteiger partial charge in [-0.3, -0.25) is 0 Å². The number of aliphatic carboxylic acids is 2. The van der Waals surface area contributed by atoms with Crippen LogP contribution in [-0.4, -0.2) is 35.2 Å². The molecule has 118 valence electrons. The third kappa shape index (κ3) is 16.9. The molecule has 6 nitrogen and oxygen atoms in total. The lowest BCUT2D eigenvalue weighted by Crippen LogP contribution is -1.91. The van der Waals surface area contributed by atoms with Gasteiger partial charge in [0.25, 0.3) is 0 Å². The number of carbonyl (C=O) groups is 3. The normalized spacial score (nSPS) is 8.41. The standard InChI is InChI=1S/C8H8.C4H4O4.C4H6O2/c1-2-8-6-4-3-5-7-8;5-3(6)1-2-4(7)8;1-3-4(5)6-2/h2-7H,1H2;1-2H,(H,5,6)(H,7,8);3H,1H2,2H3/b;2-1-;. The summed E-state index contributed by atoms with van der Waals surface area (Å²) in [5, 5.41) is 15.6. The molecule has 2 N–H and O–H groups in total. The average molecular weight is 306 g/mol. The summed E-state index contributed by atoms with van der Waals surface area (Å²) in [7, 11) is 1.31. The lowest BCUT2D eigenvalue weighted by Gasteiger charge is -1.85. The Morgan fingerprint density at radius 1 is 1.00 bits per heavy atom. The second kappa shape index (κ2) is 14.3. The highest BCUT2D eigenvalue weighted by Gasteiger charge is 1.88. The smallest absolute Gasteiger partial charge is 0.329 e. The molecule has 0 bridgehead atoms. The number of carbonyl (C=O) groups excluding carboxylic acids is 1. The predicted molar refractivity (Wildman–Crippen MR) is 83.2 cm³/mol. The zero-order valence-corrected chi connectivity index (χ0v) is 12.1. The number of benzene rings is 1. The van der Waals surface area contributed by atoms with E-state index in [0.717, 1.165) is 6.08 Å². The van der Waals surface area contributed by atoms with Gasteiger partial charge in [0.15, 0.2) is 0 Å². The summed E-state index contributed by atoms with van der Waals surface area (Å²) in [6.45, 7) is 6.79. The Bertz CT molecular complexity index is 501. The minimum atomic E-state index is -1.26. The van der Waals surface area contributed by atoms with Gasteiger partial charge in [0.2, 0.25) is 0 Å². The van der Waals surface area contributed by atoms with Crippen LogP contribution in [0.2, 0.25) is 0 Å². The number of carboxylic acids is 2. The molecule has 0 aliphatic carbocycles. The molecule has 0 atom stereocenters. The van der Waals surface area contributed by atoms with E-state index in [0.29, 0.717) is 12.2 Å². The lowest BCUT2D eigenvalue weighted by atomic mass is 10.2. The molecule has 0 unspecified atom stereocenters. The first-order valence-electron chi connectivity index (χ1n) is 5.89. The van der Waals surface area contributed by atoms with Crippen molar-refractivity contribution in [3.8, 4) is 0 Å². The molecule has 0 saturated heterocycles. The van der Waals surface area contributed by atoms with Crippen LogP contribution in [-0.2, 0) is 19.1 Å². The van der Waals surface area contributed by atoms with Gasteiger partial charge in [0.1, 0.15) is 0 Å². The fourth-order valence-electron chi connectivity index (χ4n) is 0.815. The summed E-state index contributed by atoms with van der Waals surface area (Å²) in [4.78, 5) is 28.9. The molecule has 0 aromatic heterocycles. The van der Waals surface area contributed by atoms with Crippen LogP contribution in [0, 0.1) is 0 Å². The van der Waals surface area contributed by atoms with Gasteiger partial charge in [-0.1, -0.05) is 49.6 Å². The van der Waals surface area contributed by atoms with Crippen molar-refractivity contribution in [1.82, 2.24) is 0 Å². The maximum absolute atomic E-state index is 9.84. The molecule has 0 saturated carbocycles. The largest absolute Gasteiger partial charge is 0.478 e. The molecule has 0 spiro atoms. The van der Waals surface area contributed by atoms with Crippen LogP contribution < -0.4 is 0 Å². The van der Waals surface area contributed by atoms with Crippen LogP contribution in [0.15, 0.2) is 61.7 Å². The minimum absolute atomic E-state index is 0.394. The average Bonchev–Trinajstić information content (AvgIpc) is 2.54. The number of hydrogen-bond donors (Lipinski definition) is 2. The third-order valence-corrected chi connectivity index (χ3v) is 1.77. The molecule has 1 rings (SSSR count). The molecule has 0 fully saturated rings. The Labute approximate surface area is 128 Å². The predicted octanol–water partition coefficient (Wildman–Crippen LogP) is 2.39. The molecule has 0 heterocycles. The van der Waals surface area contributed by atoms with Gasteiger partial charge in [-0.15, -0.1) is 0 Å². The van der Waals surface area contributed by atoms with Crippen molar-refractivity contribution in [3.05, 3.63) is 67.3 Å². The van der Waals surface area contributed by atoms with Gasteiger partial charge in [-0.2, -0.15) is 0 Å². The summed E-state index contributed by atoms with van der Waals surface area (Å²) in [5.74, 6) is -2.91. The molecule has 1 aromatic rings. The van der Waals surface area contributed by atoms with Crippen LogP contribution in [0.5, 0.6) is 0 Å². The summed E-state index contributed by atoms with van der Waals surface area (Å²) >= 11 is 0. The van der Waals surface area contributed by atoms with E-state index in [9.17, 15) is 14.4 Å². The monoisotopic (exact) mass is 306 g/mol. The summed E-state index contributed by atoms with van der Waals surface area (Å²) in [5.41, 5.74) is 1.17. The van der Waals surface area contributed by atoms with Crippen LogP contribution in [0.25, 0.3) is 6.08 Å². The molecule has 0 aliphatic rings. The van der Waals surface area contributed by atoms with Gasteiger partial charge < -0.3 is 14.9 Å². The topological polar surface area (TPSA) is 101 Å². The second-order valence-electron chi connectivity index (χ2n) is 3.35. The first-order chi connectivity index (χ1) is 10.4. The van der Waals surface area contributed by atoms with E-state index < -0.39 is 17.9 Å². The number of hydrogen-bond acceptors (Lipinski definition) is 4. The van der Waals surface area contributed by atoms with Gasteiger partial charge in [-0.25, -0.2) is 14.4 Å². The quantitative estimate of drug-likeness (QED) is 0.654. The summed E-state index contributed by atoms with van der Waals surface area (Å²) < 4.78 is 4.14. The Hall–Kier alpha value is -3.15. The van der Waals surface area contributed by atoms with Crippen LogP contribution in [0.1, 0.15) is 5.56 Å². The highest BCUT2D eigenvalue weighted by molar-refractivity contribution is 5.89. The van der Waals surface area contributed by atoms with Crippen molar-refractivity contribution in [2.24, 2.45) is 0 Å². The van der Waals surface area contributed by atoms with Crippen LogP contribution >= 0.6 is 0 Å². The fraction of sp³-hybridized carbons (Fsp3) is 0.0625. The Morgan fingerprint density at radius 3 is 1.64 bits per heavy atom. The molecular formula is C16H18O6. The van der Waals surface area contributed by atoms with E-state index in [-0.39, 0.29) is 0 Å².